The summed E-state index contributed by atoms with van der Waals surface area (Å²) in [5.41, 5.74) is 0.994. The molecule has 2 rings (SSSR count). The Labute approximate surface area is 124 Å². The van der Waals surface area contributed by atoms with Crippen molar-refractivity contribution in [1.82, 2.24) is 15.3 Å². The number of ether oxygens (including phenoxy) is 3. The molecule has 1 aromatic carbocycles. The topological polar surface area (TPSA) is 68.4 Å². The molecule has 1 unspecified atom stereocenters. The third-order valence-corrected chi connectivity index (χ3v) is 3.41. The zero-order valence-corrected chi connectivity index (χ0v) is 12.8. The van der Waals surface area contributed by atoms with Gasteiger partial charge in [0, 0.05) is 36.5 Å². The van der Waals surface area contributed by atoms with Crippen molar-refractivity contribution >= 4 is 0 Å². The molecule has 2 N–H and O–H groups in total. The Bertz CT molecular complexity index is 570. The molecule has 2 aromatic rings. The van der Waals surface area contributed by atoms with Gasteiger partial charge in [-0.1, -0.05) is 0 Å². The standard InChI is InChI=1S/C15H21N3O3/c1-16-11(8-15-17-5-6-18-15)10-7-13(20-3)14(21-4)9-12(10)19-2/h5-7,9,11,16H,8H2,1-4H3,(H,17,18). The van der Waals surface area contributed by atoms with Gasteiger partial charge in [0.1, 0.15) is 11.6 Å². The van der Waals surface area contributed by atoms with Gasteiger partial charge in [0.25, 0.3) is 0 Å². The number of hydrogen-bond acceptors (Lipinski definition) is 5. The number of hydrogen-bond donors (Lipinski definition) is 2. The Morgan fingerprint density at radius 2 is 1.76 bits per heavy atom. The first-order valence-electron chi connectivity index (χ1n) is 6.68. The van der Waals surface area contributed by atoms with Crippen LogP contribution in [0.1, 0.15) is 17.4 Å². The number of methoxy groups -OCH3 is 3. The van der Waals surface area contributed by atoms with E-state index >= 15 is 0 Å². The van der Waals surface area contributed by atoms with Crippen LogP contribution in [0.3, 0.4) is 0 Å². The molecule has 0 aliphatic heterocycles. The second-order valence-electron chi connectivity index (χ2n) is 4.53. The summed E-state index contributed by atoms with van der Waals surface area (Å²) in [4.78, 5) is 7.38. The number of imidazole rings is 1. The normalized spacial score (nSPS) is 12.0. The van der Waals surface area contributed by atoms with E-state index < -0.39 is 0 Å². The molecule has 0 saturated heterocycles. The van der Waals surface area contributed by atoms with Crippen molar-refractivity contribution in [3.05, 3.63) is 35.9 Å². The monoisotopic (exact) mass is 291 g/mol. The molecular formula is C15H21N3O3. The van der Waals surface area contributed by atoms with E-state index in [1.54, 1.807) is 27.5 Å². The molecule has 6 nitrogen and oxygen atoms in total. The van der Waals surface area contributed by atoms with Gasteiger partial charge in [0.2, 0.25) is 0 Å². The van der Waals surface area contributed by atoms with Crippen molar-refractivity contribution in [3.63, 3.8) is 0 Å². The van der Waals surface area contributed by atoms with Crippen LogP contribution in [0.15, 0.2) is 24.5 Å². The van der Waals surface area contributed by atoms with Gasteiger partial charge in [-0.05, 0) is 13.1 Å². The van der Waals surface area contributed by atoms with Crippen molar-refractivity contribution < 1.29 is 14.2 Å². The third kappa shape index (κ3) is 3.28. The van der Waals surface area contributed by atoms with E-state index in [1.807, 2.05) is 25.4 Å². The van der Waals surface area contributed by atoms with Crippen LogP contribution in [0, 0.1) is 0 Å². The van der Waals surface area contributed by atoms with Crippen LogP contribution in [0.4, 0.5) is 0 Å². The van der Waals surface area contributed by atoms with Gasteiger partial charge in [-0.15, -0.1) is 0 Å². The maximum atomic E-state index is 5.48. The molecule has 0 radical (unpaired) electrons. The van der Waals surface area contributed by atoms with Crippen molar-refractivity contribution in [3.8, 4) is 17.2 Å². The zero-order valence-electron chi connectivity index (χ0n) is 12.8. The molecule has 0 aliphatic carbocycles. The number of nitrogens with zero attached hydrogens (tertiary/aromatic N) is 1. The molecule has 0 amide bonds. The molecule has 0 bridgehead atoms. The lowest BCUT2D eigenvalue weighted by Crippen LogP contribution is -2.20. The molecule has 0 fully saturated rings. The van der Waals surface area contributed by atoms with Gasteiger partial charge in [0.05, 0.1) is 21.3 Å². The highest BCUT2D eigenvalue weighted by molar-refractivity contribution is 5.52. The average molecular weight is 291 g/mol. The lowest BCUT2D eigenvalue weighted by Gasteiger charge is -2.20. The van der Waals surface area contributed by atoms with E-state index in [1.165, 1.54) is 0 Å². The Balaban J connectivity index is 2.39. The van der Waals surface area contributed by atoms with Gasteiger partial charge in [-0.2, -0.15) is 0 Å². The van der Waals surface area contributed by atoms with Gasteiger partial charge in [0.15, 0.2) is 11.5 Å². The fraction of sp³-hybridized carbons (Fsp3) is 0.400. The van der Waals surface area contributed by atoms with Gasteiger partial charge in [-0.3, -0.25) is 0 Å². The fourth-order valence-electron chi connectivity index (χ4n) is 2.30. The predicted molar refractivity (Wildman–Crippen MR) is 80.2 cm³/mol. The number of likely N-dealkylation sites (N-methyl/N-ethyl adjacent to an activating group) is 1. The lowest BCUT2D eigenvalue weighted by molar-refractivity contribution is 0.345. The summed E-state index contributed by atoms with van der Waals surface area (Å²) in [5, 5.41) is 3.28. The molecule has 0 spiro atoms. The summed E-state index contributed by atoms with van der Waals surface area (Å²) >= 11 is 0. The van der Waals surface area contributed by atoms with Crippen molar-refractivity contribution in [1.29, 1.82) is 0 Å². The lowest BCUT2D eigenvalue weighted by atomic mass is 10.0. The first-order chi connectivity index (χ1) is 10.2. The maximum absolute atomic E-state index is 5.48. The Hall–Kier alpha value is -2.21. The van der Waals surface area contributed by atoms with E-state index in [9.17, 15) is 0 Å². The van der Waals surface area contributed by atoms with Gasteiger partial charge >= 0.3 is 0 Å². The summed E-state index contributed by atoms with van der Waals surface area (Å²) in [7, 11) is 6.78. The third-order valence-electron chi connectivity index (χ3n) is 3.41. The average Bonchev–Trinajstić information content (AvgIpc) is 3.04. The van der Waals surface area contributed by atoms with Crippen molar-refractivity contribution in [2.24, 2.45) is 0 Å². The number of aromatic amines is 1. The molecule has 114 valence electrons. The second-order valence-corrected chi connectivity index (χ2v) is 4.53. The van der Waals surface area contributed by atoms with Gasteiger partial charge < -0.3 is 24.5 Å². The highest BCUT2D eigenvalue weighted by Crippen LogP contribution is 2.38. The summed E-state index contributed by atoms with van der Waals surface area (Å²) < 4.78 is 16.2. The molecule has 6 heteroatoms. The molecule has 21 heavy (non-hydrogen) atoms. The summed E-state index contributed by atoms with van der Waals surface area (Å²) in [6.07, 6.45) is 4.27. The summed E-state index contributed by atoms with van der Waals surface area (Å²) in [6.45, 7) is 0. The van der Waals surface area contributed by atoms with Crippen LogP contribution in [-0.4, -0.2) is 38.3 Å². The van der Waals surface area contributed by atoms with Crippen LogP contribution in [-0.2, 0) is 6.42 Å². The summed E-state index contributed by atoms with van der Waals surface area (Å²) in [5.74, 6) is 2.98. The number of nitrogens with one attached hydrogen (secondary N) is 2. The Morgan fingerprint density at radius 3 is 2.29 bits per heavy atom. The first kappa shape index (κ1) is 15.2. The SMILES string of the molecule is CNC(Cc1ncc[nH]1)c1cc(OC)c(OC)cc1OC. The van der Waals surface area contributed by atoms with Gasteiger partial charge in [-0.25, -0.2) is 4.98 Å². The van der Waals surface area contributed by atoms with E-state index in [4.69, 9.17) is 14.2 Å². The van der Waals surface area contributed by atoms with E-state index in [-0.39, 0.29) is 6.04 Å². The molecule has 1 heterocycles. The predicted octanol–water partition coefficient (Wildman–Crippen LogP) is 1.94. The maximum Gasteiger partial charge on any atom is 0.164 e. The number of aromatic nitrogens is 2. The molecule has 1 atom stereocenters. The van der Waals surface area contributed by atoms with E-state index in [0.717, 1.165) is 23.6 Å². The van der Waals surface area contributed by atoms with Crippen LogP contribution < -0.4 is 19.5 Å². The first-order valence-corrected chi connectivity index (χ1v) is 6.68. The number of rotatable bonds is 7. The van der Waals surface area contributed by atoms with Crippen molar-refractivity contribution in [2.75, 3.05) is 28.4 Å². The minimum absolute atomic E-state index is 0.0471. The van der Waals surface area contributed by atoms with Crippen LogP contribution in [0.2, 0.25) is 0 Å². The van der Waals surface area contributed by atoms with Crippen LogP contribution >= 0.6 is 0 Å². The molecule has 0 saturated carbocycles. The zero-order chi connectivity index (χ0) is 15.2. The molecule has 1 aromatic heterocycles. The van der Waals surface area contributed by atoms with Crippen molar-refractivity contribution in [2.45, 2.75) is 12.5 Å². The smallest absolute Gasteiger partial charge is 0.164 e. The number of H-pyrrole nitrogens is 1. The van der Waals surface area contributed by atoms with Crippen LogP contribution in [0.25, 0.3) is 0 Å². The molecular weight excluding hydrogens is 270 g/mol. The second kappa shape index (κ2) is 6.99. The minimum atomic E-state index is 0.0471. The highest BCUT2D eigenvalue weighted by Gasteiger charge is 2.20. The Morgan fingerprint density at radius 1 is 1.10 bits per heavy atom. The minimum Gasteiger partial charge on any atom is -0.496 e. The van der Waals surface area contributed by atoms with Crippen LogP contribution in [0.5, 0.6) is 17.2 Å². The fourth-order valence-corrected chi connectivity index (χ4v) is 2.30. The van der Waals surface area contributed by atoms with E-state index in [2.05, 4.69) is 15.3 Å². The highest BCUT2D eigenvalue weighted by atomic mass is 16.5. The number of benzene rings is 1. The molecule has 0 aliphatic rings. The quantitative estimate of drug-likeness (QED) is 0.816. The van der Waals surface area contributed by atoms with E-state index in [0.29, 0.717) is 11.5 Å². The summed E-state index contributed by atoms with van der Waals surface area (Å²) in [6, 6.07) is 3.81. The Kier molecular flexibility index (Phi) is 5.05. The largest absolute Gasteiger partial charge is 0.496 e.